The fourth-order valence-electron chi connectivity index (χ4n) is 1.35. The summed E-state index contributed by atoms with van der Waals surface area (Å²) in [6, 6.07) is -0.483. The van der Waals surface area contributed by atoms with E-state index in [1.165, 1.54) is 11.8 Å². The van der Waals surface area contributed by atoms with Gasteiger partial charge in [-0.05, 0) is 31.9 Å². The molecule has 1 aromatic heterocycles. The van der Waals surface area contributed by atoms with Crippen LogP contribution in [0.1, 0.15) is 25.3 Å². The van der Waals surface area contributed by atoms with Gasteiger partial charge in [0.1, 0.15) is 6.04 Å². The SMILES string of the molecule is CCCNC(CCSc1ncc(C)cn1)C(=O)O. The summed E-state index contributed by atoms with van der Waals surface area (Å²) in [4.78, 5) is 19.3. The summed E-state index contributed by atoms with van der Waals surface area (Å²) >= 11 is 1.48. The Morgan fingerprint density at radius 3 is 2.72 bits per heavy atom. The second kappa shape index (κ2) is 8.05. The van der Waals surface area contributed by atoms with Crippen LogP contribution in [0.25, 0.3) is 0 Å². The van der Waals surface area contributed by atoms with Gasteiger partial charge in [-0.15, -0.1) is 0 Å². The average molecular weight is 269 g/mol. The fraction of sp³-hybridized carbons (Fsp3) is 0.583. The van der Waals surface area contributed by atoms with E-state index in [1.807, 2.05) is 13.8 Å². The largest absolute Gasteiger partial charge is 0.480 e. The number of nitrogens with one attached hydrogen (secondary N) is 1. The van der Waals surface area contributed by atoms with Gasteiger partial charge < -0.3 is 10.4 Å². The van der Waals surface area contributed by atoms with Gasteiger partial charge in [0.2, 0.25) is 0 Å². The number of rotatable bonds is 8. The van der Waals surface area contributed by atoms with E-state index in [4.69, 9.17) is 5.11 Å². The zero-order chi connectivity index (χ0) is 13.4. The van der Waals surface area contributed by atoms with Crippen LogP contribution in [0.4, 0.5) is 0 Å². The van der Waals surface area contributed by atoms with Gasteiger partial charge in [-0.25, -0.2) is 9.97 Å². The highest BCUT2D eigenvalue weighted by Crippen LogP contribution is 2.14. The van der Waals surface area contributed by atoms with Crippen molar-refractivity contribution in [3.63, 3.8) is 0 Å². The zero-order valence-corrected chi connectivity index (χ0v) is 11.5. The molecule has 1 rings (SSSR count). The second-order valence-corrected chi connectivity index (χ2v) is 5.09. The number of aryl methyl sites for hydroxylation is 1. The molecule has 0 radical (unpaired) electrons. The molecule has 5 nitrogen and oxygen atoms in total. The van der Waals surface area contributed by atoms with Crippen LogP contribution in [-0.4, -0.2) is 39.4 Å². The topological polar surface area (TPSA) is 75.1 Å². The van der Waals surface area contributed by atoms with Crippen molar-refractivity contribution >= 4 is 17.7 Å². The zero-order valence-electron chi connectivity index (χ0n) is 10.7. The predicted molar refractivity (Wildman–Crippen MR) is 71.8 cm³/mol. The van der Waals surface area contributed by atoms with Crippen molar-refractivity contribution in [2.75, 3.05) is 12.3 Å². The molecule has 0 saturated carbocycles. The van der Waals surface area contributed by atoms with Crippen molar-refractivity contribution in [1.29, 1.82) is 0 Å². The van der Waals surface area contributed by atoms with Crippen LogP contribution >= 0.6 is 11.8 Å². The van der Waals surface area contributed by atoms with Crippen molar-refractivity contribution in [3.8, 4) is 0 Å². The van der Waals surface area contributed by atoms with E-state index in [0.29, 0.717) is 17.3 Å². The maximum atomic E-state index is 11.0. The Morgan fingerprint density at radius 2 is 2.17 bits per heavy atom. The molecular formula is C12H19N3O2S. The van der Waals surface area contributed by atoms with Crippen molar-refractivity contribution in [1.82, 2.24) is 15.3 Å². The number of nitrogens with zero attached hydrogens (tertiary/aromatic N) is 2. The third-order valence-corrected chi connectivity index (χ3v) is 3.24. The molecule has 0 aromatic carbocycles. The highest BCUT2D eigenvalue weighted by Gasteiger charge is 2.15. The molecule has 0 fully saturated rings. The number of aromatic nitrogens is 2. The normalized spacial score (nSPS) is 12.3. The van der Waals surface area contributed by atoms with Crippen molar-refractivity contribution in [3.05, 3.63) is 18.0 Å². The number of aliphatic carboxylic acids is 1. The lowest BCUT2D eigenvalue weighted by Crippen LogP contribution is -2.37. The van der Waals surface area contributed by atoms with E-state index in [9.17, 15) is 4.79 Å². The molecule has 6 heteroatoms. The maximum absolute atomic E-state index is 11.0. The van der Waals surface area contributed by atoms with Crippen molar-refractivity contribution < 1.29 is 9.90 Å². The molecule has 0 aliphatic heterocycles. The van der Waals surface area contributed by atoms with Crippen molar-refractivity contribution in [2.45, 2.75) is 37.9 Å². The minimum atomic E-state index is -0.797. The lowest BCUT2D eigenvalue weighted by atomic mass is 10.2. The Morgan fingerprint density at radius 1 is 1.50 bits per heavy atom. The Bertz CT molecular complexity index is 370. The van der Waals surface area contributed by atoms with Crippen LogP contribution in [0.2, 0.25) is 0 Å². The highest BCUT2D eigenvalue weighted by atomic mass is 32.2. The van der Waals surface area contributed by atoms with Gasteiger partial charge in [0.15, 0.2) is 5.16 Å². The summed E-state index contributed by atoms with van der Waals surface area (Å²) in [5.41, 5.74) is 1.02. The monoisotopic (exact) mass is 269 g/mol. The van der Waals surface area contributed by atoms with E-state index in [0.717, 1.165) is 18.5 Å². The molecule has 0 bridgehead atoms. The molecule has 0 saturated heterocycles. The molecule has 100 valence electrons. The van der Waals surface area contributed by atoms with Gasteiger partial charge >= 0.3 is 5.97 Å². The standard InChI is InChI=1S/C12H19N3O2S/c1-3-5-13-10(11(16)17)4-6-18-12-14-7-9(2)8-15-12/h7-8,10,13H,3-6H2,1-2H3,(H,16,17). The summed E-state index contributed by atoms with van der Waals surface area (Å²) in [6.07, 6.45) is 5.02. The molecule has 18 heavy (non-hydrogen) atoms. The van der Waals surface area contributed by atoms with Gasteiger partial charge in [0, 0.05) is 18.1 Å². The van der Waals surface area contributed by atoms with Crippen LogP contribution in [0, 0.1) is 6.92 Å². The molecule has 0 spiro atoms. The number of carboxylic acid groups (broad SMARTS) is 1. The van der Waals surface area contributed by atoms with E-state index < -0.39 is 12.0 Å². The van der Waals surface area contributed by atoms with Gasteiger partial charge in [-0.1, -0.05) is 18.7 Å². The molecule has 1 aromatic rings. The number of carbonyl (C=O) groups is 1. The summed E-state index contributed by atoms with van der Waals surface area (Å²) in [5, 5.41) is 12.7. The average Bonchev–Trinajstić information content (AvgIpc) is 2.35. The van der Waals surface area contributed by atoms with E-state index >= 15 is 0 Å². The number of carboxylic acids is 1. The molecule has 0 amide bonds. The quantitative estimate of drug-likeness (QED) is 0.553. The van der Waals surface area contributed by atoms with Crippen LogP contribution in [0.15, 0.2) is 17.6 Å². The molecule has 0 aliphatic rings. The first-order valence-corrected chi connectivity index (χ1v) is 6.99. The minimum absolute atomic E-state index is 0.483. The van der Waals surface area contributed by atoms with Gasteiger partial charge in [0.25, 0.3) is 0 Å². The summed E-state index contributed by atoms with van der Waals surface area (Å²) in [6.45, 7) is 4.67. The van der Waals surface area contributed by atoms with Gasteiger partial charge in [-0.2, -0.15) is 0 Å². The summed E-state index contributed by atoms with van der Waals surface area (Å²) in [7, 11) is 0. The Hall–Kier alpha value is -1.14. The van der Waals surface area contributed by atoms with Crippen LogP contribution in [0.3, 0.4) is 0 Å². The van der Waals surface area contributed by atoms with Gasteiger partial charge in [0.05, 0.1) is 0 Å². The lowest BCUT2D eigenvalue weighted by molar-refractivity contribution is -0.139. The van der Waals surface area contributed by atoms with E-state index in [2.05, 4.69) is 15.3 Å². The first-order chi connectivity index (χ1) is 8.63. The molecule has 0 aliphatic carbocycles. The summed E-state index contributed by atoms with van der Waals surface area (Å²) in [5.74, 6) is -0.106. The first kappa shape index (κ1) is 14.9. The smallest absolute Gasteiger partial charge is 0.320 e. The Labute approximate surface area is 111 Å². The van der Waals surface area contributed by atoms with Crippen molar-refractivity contribution in [2.24, 2.45) is 0 Å². The fourth-order valence-corrected chi connectivity index (χ4v) is 2.15. The number of thioether (sulfide) groups is 1. The van der Waals surface area contributed by atoms with E-state index in [1.54, 1.807) is 12.4 Å². The van der Waals surface area contributed by atoms with Crippen LogP contribution in [0.5, 0.6) is 0 Å². The maximum Gasteiger partial charge on any atom is 0.320 e. The van der Waals surface area contributed by atoms with E-state index in [-0.39, 0.29) is 0 Å². The Balaban J connectivity index is 2.34. The van der Waals surface area contributed by atoms with Gasteiger partial charge in [-0.3, -0.25) is 4.79 Å². The molecule has 2 N–H and O–H groups in total. The second-order valence-electron chi connectivity index (χ2n) is 4.03. The van der Waals surface area contributed by atoms with Crippen LogP contribution in [-0.2, 0) is 4.79 Å². The molecule has 1 heterocycles. The molecule has 1 atom stereocenters. The Kier molecular flexibility index (Phi) is 6.67. The molecule has 1 unspecified atom stereocenters. The van der Waals surface area contributed by atoms with Crippen LogP contribution < -0.4 is 5.32 Å². The molecular weight excluding hydrogens is 250 g/mol. The predicted octanol–water partition coefficient (Wildman–Crippen LogP) is 1.72. The third kappa shape index (κ3) is 5.46. The highest BCUT2D eigenvalue weighted by molar-refractivity contribution is 7.99. The summed E-state index contributed by atoms with van der Waals surface area (Å²) < 4.78 is 0. The number of hydrogen-bond donors (Lipinski definition) is 2. The lowest BCUT2D eigenvalue weighted by Gasteiger charge is -2.12. The first-order valence-electron chi connectivity index (χ1n) is 6.01. The number of hydrogen-bond acceptors (Lipinski definition) is 5. The minimum Gasteiger partial charge on any atom is -0.480 e. The third-order valence-electron chi connectivity index (χ3n) is 2.33.